The molecule has 0 radical (unpaired) electrons. The number of hydrogen-bond donors (Lipinski definition) is 0. The highest BCUT2D eigenvalue weighted by molar-refractivity contribution is 6.46. The fraction of sp³-hybridized carbons (Fsp3) is 0.0909. The zero-order valence-electron chi connectivity index (χ0n) is 7.91. The molecule has 0 saturated carbocycles. The van der Waals surface area contributed by atoms with Crippen LogP contribution in [0.3, 0.4) is 0 Å². The van der Waals surface area contributed by atoms with Gasteiger partial charge in [-0.25, -0.2) is 9.98 Å². The first-order valence-corrected chi connectivity index (χ1v) is 4.66. The first kappa shape index (κ1) is 8.23. The molecule has 0 bridgehead atoms. The molecule has 0 aromatic heterocycles. The fourth-order valence-corrected chi connectivity index (χ4v) is 1.77. The first-order valence-electron chi connectivity index (χ1n) is 4.66. The second kappa shape index (κ2) is 2.95. The Balaban J connectivity index is 2.25. The van der Waals surface area contributed by atoms with Crippen molar-refractivity contribution in [2.24, 2.45) is 20.0 Å². The van der Waals surface area contributed by atoms with Gasteiger partial charge >= 0.3 is 0 Å². The van der Waals surface area contributed by atoms with Crippen molar-refractivity contribution in [1.29, 1.82) is 0 Å². The summed E-state index contributed by atoms with van der Waals surface area (Å²) in [4.78, 5) is 17.0. The first-order chi connectivity index (χ1) is 7.42. The van der Waals surface area contributed by atoms with Gasteiger partial charge in [-0.05, 0) is 12.2 Å². The van der Waals surface area contributed by atoms with E-state index in [1.807, 2.05) is 24.3 Å². The number of allylic oxidation sites excluding steroid dienone is 2. The Kier molecular flexibility index (Phi) is 1.62. The van der Waals surface area contributed by atoms with Crippen molar-refractivity contribution in [3.05, 3.63) is 36.7 Å². The van der Waals surface area contributed by atoms with Crippen LogP contribution in [-0.2, 0) is 0 Å². The van der Waals surface area contributed by atoms with Gasteiger partial charge in [-0.3, -0.25) is 9.98 Å². The second-order valence-electron chi connectivity index (χ2n) is 3.33. The predicted octanol–water partition coefficient (Wildman–Crippen LogP) is 1.33. The van der Waals surface area contributed by atoms with Crippen LogP contribution in [0.1, 0.15) is 0 Å². The monoisotopic (exact) mass is 196 g/mol. The molecule has 0 aromatic carbocycles. The maximum atomic E-state index is 4.39. The molecule has 0 amide bonds. The van der Waals surface area contributed by atoms with Crippen LogP contribution in [0.4, 0.5) is 0 Å². The minimum absolute atomic E-state index is 0.539. The SMILES string of the molecule is C1=CC2=N/C=C\N=CC3=NC=NC32C=C1. The molecule has 72 valence electrons. The van der Waals surface area contributed by atoms with Crippen molar-refractivity contribution in [1.82, 2.24) is 0 Å². The smallest absolute Gasteiger partial charge is 0.166 e. The summed E-state index contributed by atoms with van der Waals surface area (Å²) in [6, 6.07) is 0. The van der Waals surface area contributed by atoms with Gasteiger partial charge in [0.1, 0.15) is 6.34 Å². The largest absolute Gasteiger partial charge is 0.261 e. The molecule has 0 aromatic rings. The maximum absolute atomic E-state index is 4.39. The van der Waals surface area contributed by atoms with Gasteiger partial charge in [0, 0.05) is 12.4 Å². The maximum Gasteiger partial charge on any atom is 0.166 e. The molecule has 15 heavy (non-hydrogen) atoms. The lowest BCUT2D eigenvalue weighted by atomic mass is 9.85. The molecule has 1 atom stereocenters. The van der Waals surface area contributed by atoms with Crippen LogP contribution in [0.2, 0.25) is 0 Å². The highest BCUT2D eigenvalue weighted by Crippen LogP contribution is 2.25. The van der Waals surface area contributed by atoms with Gasteiger partial charge in [0.25, 0.3) is 0 Å². The quantitative estimate of drug-likeness (QED) is 0.561. The Morgan fingerprint density at radius 2 is 2.00 bits per heavy atom. The highest BCUT2D eigenvalue weighted by Gasteiger charge is 2.39. The van der Waals surface area contributed by atoms with Crippen LogP contribution in [0.5, 0.6) is 0 Å². The summed E-state index contributed by atoms with van der Waals surface area (Å²) in [6.07, 6.45) is 14.4. The minimum Gasteiger partial charge on any atom is -0.261 e. The van der Waals surface area contributed by atoms with Gasteiger partial charge in [-0.1, -0.05) is 12.2 Å². The Labute approximate surface area is 86.9 Å². The van der Waals surface area contributed by atoms with E-state index in [2.05, 4.69) is 20.0 Å². The van der Waals surface area contributed by atoms with Gasteiger partial charge in [0.05, 0.1) is 17.6 Å². The molecule has 4 nitrogen and oxygen atoms in total. The van der Waals surface area contributed by atoms with Crippen LogP contribution < -0.4 is 0 Å². The minimum atomic E-state index is -0.539. The summed E-state index contributed by atoms with van der Waals surface area (Å²) >= 11 is 0. The lowest BCUT2D eigenvalue weighted by molar-refractivity contribution is 0.958. The number of aliphatic imine (C=N–C) groups is 4. The van der Waals surface area contributed by atoms with Gasteiger partial charge in [-0.2, -0.15) is 0 Å². The third-order valence-corrected chi connectivity index (χ3v) is 2.51. The normalized spacial score (nSPS) is 32.5. The van der Waals surface area contributed by atoms with Gasteiger partial charge in [0.15, 0.2) is 5.54 Å². The zero-order valence-corrected chi connectivity index (χ0v) is 7.91. The van der Waals surface area contributed by atoms with E-state index in [9.17, 15) is 0 Å². The number of nitrogens with zero attached hydrogens (tertiary/aromatic N) is 4. The zero-order chi connectivity index (χ0) is 10.1. The van der Waals surface area contributed by atoms with Gasteiger partial charge in [-0.15, -0.1) is 0 Å². The molecule has 1 unspecified atom stereocenters. The van der Waals surface area contributed by atoms with Crippen LogP contribution in [0.15, 0.2) is 56.7 Å². The van der Waals surface area contributed by atoms with Crippen LogP contribution in [-0.4, -0.2) is 29.5 Å². The van der Waals surface area contributed by atoms with E-state index in [1.165, 1.54) is 0 Å². The third-order valence-electron chi connectivity index (χ3n) is 2.51. The van der Waals surface area contributed by atoms with Crippen LogP contribution in [0, 0.1) is 0 Å². The molecule has 2 heterocycles. The van der Waals surface area contributed by atoms with E-state index in [4.69, 9.17) is 0 Å². The highest BCUT2D eigenvalue weighted by atomic mass is 15.1. The molecule has 0 N–H and O–H groups in total. The summed E-state index contributed by atoms with van der Waals surface area (Å²) in [5.74, 6) is 0. The fourth-order valence-electron chi connectivity index (χ4n) is 1.77. The molecular weight excluding hydrogens is 188 g/mol. The Morgan fingerprint density at radius 1 is 1.00 bits per heavy atom. The van der Waals surface area contributed by atoms with E-state index < -0.39 is 5.54 Å². The van der Waals surface area contributed by atoms with E-state index in [1.54, 1.807) is 25.0 Å². The molecule has 1 spiro atoms. The molecule has 0 fully saturated rings. The standard InChI is InChI=1S/C11H8N4/c1-2-4-11-9(3-1)13-6-5-12-7-10(11)14-8-15-11/h1-8H/b6-5-,12-7?,13-9?. The molecule has 0 saturated heterocycles. The summed E-state index contributed by atoms with van der Waals surface area (Å²) in [6.45, 7) is 0. The van der Waals surface area contributed by atoms with Crippen LogP contribution in [0.25, 0.3) is 0 Å². The molecular formula is C11H8N4. The van der Waals surface area contributed by atoms with E-state index in [0.717, 1.165) is 11.4 Å². The summed E-state index contributed by atoms with van der Waals surface area (Å²) < 4.78 is 0. The van der Waals surface area contributed by atoms with Crippen molar-refractivity contribution in [3.63, 3.8) is 0 Å². The summed E-state index contributed by atoms with van der Waals surface area (Å²) in [5.41, 5.74) is 1.15. The summed E-state index contributed by atoms with van der Waals surface area (Å²) in [7, 11) is 0. The Hall–Kier alpha value is -2.10. The van der Waals surface area contributed by atoms with Crippen molar-refractivity contribution >= 4 is 24.0 Å². The van der Waals surface area contributed by atoms with E-state index >= 15 is 0 Å². The molecule has 2 aliphatic heterocycles. The average Bonchev–Trinajstić information content (AvgIpc) is 2.61. The number of rotatable bonds is 0. The summed E-state index contributed by atoms with van der Waals surface area (Å²) in [5, 5.41) is 0. The lowest BCUT2D eigenvalue weighted by Gasteiger charge is -2.25. The van der Waals surface area contributed by atoms with Gasteiger partial charge < -0.3 is 0 Å². The van der Waals surface area contributed by atoms with Crippen molar-refractivity contribution in [3.8, 4) is 0 Å². The predicted molar refractivity (Wildman–Crippen MR) is 62.0 cm³/mol. The van der Waals surface area contributed by atoms with Gasteiger partial charge in [0.2, 0.25) is 0 Å². The van der Waals surface area contributed by atoms with E-state index in [0.29, 0.717) is 0 Å². The number of hydrogen-bond acceptors (Lipinski definition) is 4. The Morgan fingerprint density at radius 3 is 3.00 bits per heavy atom. The van der Waals surface area contributed by atoms with Crippen molar-refractivity contribution in [2.75, 3.05) is 0 Å². The molecule has 4 heteroatoms. The van der Waals surface area contributed by atoms with E-state index in [-0.39, 0.29) is 0 Å². The van der Waals surface area contributed by atoms with Crippen molar-refractivity contribution in [2.45, 2.75) is 5.54 Å². The Bertz CT molecular complexity index is 503. The van der Waals surface area contributed by atoms with Crippen molar-refractivity contribution < 1.29 is 0 Å². The molecule has 3 aliphatic rings. The average molecular weight is 196 g/mol. The lowest BCUT2D eigenvalue weighted by Crippen LogP contribution is -2.42. The topological polar surface area (TPSA) is 49.4 Å². The third kappa shape index (κ3) is 1.08. The second-order valence-corrected chi connectivity index (χ2v) is 3.33. The molecule has 3 rings (SSSR count). The van der Waals surface area contributed by atoms with Crippen LogP contribution >= 0.6 is 0 Å². The molecule has 1 aliphatic carbocycles.